The fourth-order valence-corrected chi connectivity index (χ4v) is 3.73. The highest BCUT2D eigenvalue weighted by atomic mass is 16.5. The summed E-state index contributed by atoms with van der Waals surface area (Å²) >= 11 is 0. The molecule has 0 aromatic heterocycles. The first kappa shape index (κ1) is 22.1. The molecule has 4 N–H and O–H groups in total. The number of phenolic OH excluding ortho intramolecular Hbond substituents is 4. The van der Waals surface area contributed by atoms with Gasteiger partial charge in [0.2, 0.25) is 0 Å². The first-order valence-electron chi connectivity index (χ1n) is 10.8. The summed E-state index contributed by atoms with van der Waals surface area (Å²) in [6.45, 7) is 0. The van der Waals surface area contributed by atoms with Gasteiger partial charge in [-0.05, 0) is 96.5 Å². The van der Waals surface area contributed by atoms with E-state index in [2.05, 4.69) is 0 Å². The van der Waals surface area contributed by atoms with Crippen LogP contribution in [-0.2, 0) is 25.7 Å². The van der Waals surface area contributed by atoms with E-state index in [1.165, 1.54) is 6.07 Å². The number of aryl methyl sites for hydroxylation is 4. The normalized spacial score (nSPS) is 10.8. The van der Waals surface area contributed by atoms with Gasteiger partial charge in [-0.2, -0.15) is 0 Å². The third-order valence-electron chi connectivity index (χ3n) is 5.45. The van der Waals surface area contributed by atoms with E-state index in [9.17, 15) is 20.4 Å². The van der Waals surface area contributed by atoms with Crippen molar-refractivity contribution in [2.24, 2.45) is 0 Å². The van der Waals surface area contributed by atoms with Gasteiger partial charge in [-0.25, -0.2) is 0 Å². The summed E-state index contributed by atoms with van der Waals surface area (Å²) in [5.74, 6) is 1.34. The first-order valence-corrected chi connectivity index (χ1v) is 10.8. The Hall–Kier alpha value is -4.12. The van der Waals surface area contributed by atoms with Crippen LogP contribution in [0.4, 0.5) is 0 Å². The van der Waals surface area contributed by atoms with Gasteiger partial charge in [-0.1, -0.05) is 30.3 Å². The third-order valence-corrected chi connectivity index (χ3v) is 5.45. The molecule has 0 radical (unpaired) electrons. The van der Waals surface area contributed by atoms with Crippen molar-refractivity contribution in [1.29, 1.82) is 0 Å². The van der Waals surface area contributed by atoms with E-state index in [0.717, 1.165) is 35.1 Å². The van der Waals surface area contributed by atoms with Gasteiger partial charge in [0.25, 0.3) is 0 Å². The summed E-state index contributed by atoms with van der Waals surface area (Å²) < 4.78 is 5.85. The zero-order valence-corrected chi connectivity index (χ0v) is 18.1. The van der Waals surface area contributed by atoms with Crippen molar-refractivity contribution in [1.82, 2.24) is 0 Å². The van der Waals surface area contributed by atoms with Crippen LogP contribution in [0.5, 0.6) is 34.5 Å². The summed E-state index contributed by atoms with van der Waals surface area (Å²) in [6, 6.07) is 24.5. The Labute approximate surface area is 192 Å². The molecule has 0 saturated carbocycles. The van der Waals surface area contributed by atoms with E-state index < -0.39 is 0 Å². The summed E-state index contributed by atoms with van der Waals surface area (Å²) in [7, 11) is 0. The number of phenols is 4. The molecule has 0 aliphatic heterocycles. The Morgan fingerprint density at radius 3 is 1.85 bits per heavy atom. The van der Waals surface area contributed by atoms with Crippen molar-refractivity contribution in [2.75, 3.05) is 0 Å². The Morgan fingerprint density at radius 2 is 1.12 bits per heavy atom. The van der Waals surface area contributed by atoms with Crippen LogP contribution in [0.15, 0.2) is 84.9 Å². The maximum Gasteiger partial charge on any atom is 0.169 e. The molecule has 0 aliphatic carbocycles. The van der Waals surface area contributed by atoms with Crippen molar-refractivity contribution in [3.63, 3.8) is 0 Å². The molecule has 5 heteroatoms. The zero-order chi connectivity index (χ0) is 23.2. The largest absolute Gasteiger partial charge is 0.508 e. The molecule has 0 bridgehead atoms. The highest BCUT2D eigenvalue weighted by Crippen LogP contribution is 2.34. The third kappa shape index (κ3) is 6.20. The monoisotopic (exact) mass is 442 g/mol. The van der Waals surface area contributed by atoms with Crippen LogP contribution >= 0.6 is 0 Å². The Kier molecular flexibility index (Phi) is 6.69. The van der Waals surface area contributed by atoms with Gasteiger partial charge in [0, 0.05) is 6.07 Å². The Bertz CT molecular complexity index is 1230. The maximum atomic E-state index is 10.5. The van der Waals surface area contributed by atoms with Crippen molar-refractivity contribution in [3.8, 4) is 34.5 Å². The highest BCUT2D eigenvalue weighted by Gasteiger charge is 2.09. The molecule has 33 heavy (non-hydrogen) atoms. The lowest BCUT2D eigenvalue weighted by atomic mass is 10.0. The van der Waals surface area contributed by atoms with Crippen LogP contribution < -0.4 is 4.74 Å². The lowest BCUT2D eigenvalue weighted by Gasteiger charge is -2.12. The minimum absolute atomic E-state index is 0.0304. The van der Waals surface area contributed by atoms with Gasteiger partial charge < -0.3 is 25.2 Å². The molecular weight excluding hydrogens is 416 g/mol. The second kappa shape index (κ2) is 10.0. The van der Waals surface area contributed by atoms with Crippen LogP contribution in [0.3, 0.4) is 0 Å². The molecule has 0 fully saturated rings. The van der Waals surface area contributed by atoms with Gasteiger partial charge in [0.15, 0.2) is 11.5 Å². The first-order chi connectivity index (χ1) is 15.9. The second-order valence-corrected chi connectivity index (χ2v) is 8.08. The molecule has 0 heterocycles. The molecule has 0 aliphatic rings. The highest BCUT2D eigenvalue weighted by molar-refractivity contribution is 5.47. The Balaban J connectivity index is 1.40. The minimum Gasteiger partial charge on any atom is -0.508 e. The smallest absolute Gasteiger partial charge is 0.169 e. The fourth-order valence-electron chi connectivity index (χ4n) is 3.73. The van der Waals surface area contributed by atoms with Crippen molar-refractivity contribution < 1.29 is 25.2 Å². The molecule has 4 rings (SSSR count). The van der Waals surface area contributed by atoms with Crippen LogP contribution in [0, 0.1) is 0 Å². The molecule has 4 aromatic rings. The molecule has 5 nitrogen and oxygen atoms in total. The van der Waals surface area contributed by atoms with Crippen LogP contribution in [0.25, 0.3) is 0 Å². The molecule has 168 valence electrons. The van der Waals surface area contributed by atoms with Gasteiger partial charge >= 0.3 is 0 Å². The fraction of sp³-hybridized carbons (Fsp3) is 0.143. The predicted molar refractivity (Wildman–Crippen MR) is 127 cm³/mol. The number of ether oxygens (including phenoxy) is 1. The average Bonchev–Trinajstić information content (AvgIpc) is 2.79. The van der Waals surface area contributed by atoms with E-state index in [-0.39, 0.29) is 23.0 Å². The molecule has 0 spiro atoms. The van der Waals surface area contributed by atoms with Crippen molar-refractivity contribution in [2.45, 2.75) is 25.7 Å². The van der Waals surface area contributed by atoms with Gasteiger partial charge in [-0.3, -0.25) is 0 Å². The summed E-state index contributed by atoms with van der Waals surface area (Å²) in [5, 5.41) is 39.6. The number of rotatable bonds is 8. The molecule has 4 aromatic carbocycles. The molecule has 0 atom stereocenters. The lowest BCUT2D eigenvalue weighted by Crippen LogP contribution is -1.94. The molecule has 0 unspecified atom stereocenters. The molecule has 0 saturated heterocycles. The van der Waals surface area contributed by atoms with Gasteiger partial charge in [-0.15, -0.1) is 0 Å². The lowest BCUT2D eigenvalue weighted by molar-refractivity contribution is 0.406. The summed E-state index contributed by atoms with van der Waals surface area (Å²) in [4.78, 5) is 0. The molecule has 0 amide bonds. The van der Waals surface area contributed by atoms with E-state index >= 15 is 0 Å². The van der Waals surface area contributed by atoms with E-state index in [1.807, 2.05) is 30.3 Å². The number of aromatic hydroxyl groups is 4. The Morgan fingerprint density at radius 1 is 0.485 bits per heavy atom. The second-order valence-electron chi connectivity index (χ2n) is 8.08. The quantitative estimate of drug-likeness (QED) is 0.274. The minimum atomic E-state index is 0.0304. The van der Waals surface area contributed by atoms with Crippen LogP contribution in [-0.4, -0.2) is 20.4 Å². The van der Waals surface area contributed by atoms with Gasteiger partial charge in [0.1, 0.15) is 23.0 Å². The van der Waals surface area contributed by atoms with E-state index in [1.54, 1.807) is 48.5 Å². The van der Waals surface area contributed by atoms with Crippen LogP contribution in [0.1, 0.15) is 22.3 Å². The SMILES string of the molecule is Oc1ccc(CCc2ccc(Oc3cc(O)cc(CCc4cccc(O)c4)c3)c(O)c2)cc1. The van der Waals surface area contributed by atoms with E-state index in [0.29, 0.717) is 24.3 Å². The summed E-state index contributed by atoms with van der Waals surface area (Å²) in [5.41, 5.74) is 3.96. The number of hydrogen-bond donors (Lipinski definition) is 4. The standard InChI is InChI=1S/C28H26O5/c29-23-11-8-19(9-12-23)4-5-21-10-13-28(27(32)17-21)33-26-16-22(15-25(31)18-26)7-6-20-2-1-3-24(30)14-20/h1-3,8-18,29-32H,4-7H2. The van der Waals surface area contributed by atoms with Crippen LogP contribution in [0.2, 0.25) is 0 Å². The van der Waals surface area contributed by atoms with Crippen molar-refractivity contribution >= 4 is 0 Å². The van der Waals surface area contributed by atoms with Crippen molar-refractivity contribution in [3.05, 3.63) is 107 Å². The molecular formula is C28H26O5. The van der Waals surface area contributed by atoms with E-state index in [4.69, 9.17) is 4.74 Å². The predicted octanol–water partition coefficient (Wildman–Crippen LogP) is 5.87. The average molecular weight is 443 g/mol. The number of benzene rings is 4. The maximum absolute atomic E-state index is 10.5. The topological polar surface area (TPSA) is 90.2 Å². The number of hydrogen-bond acceptors (Lipinski definition) is 5. The summed E-state index contributed by atoms with van der Waals surface area (Å²) in [6.07, 6.45) is 2.90. The zero-order valence-electron chi connectivity index (χ0n) is 18.1. The van der Waals surface area contributed by atoms with Gasteiger partial charge in [0.05, 0.1) is 0 Å².